The van der Waals surface area contributed by atoms with Gasteiger partial charge in [0, 0.05) is 25.7 Å². The second-order valence-electron chi connectivity index (χ2n) is 6.30. The summed E-state index contributed by atoms with van der Waals surface area (Å²) in [6, 6.07) is 14.9. The lowest BCUT2D eigenvalue weighted by molar-refractivity contribution is 0.0177. The molecule has 1 atom stereocenters. The summed E-state index contributed by atoms with van der Waals surface area (Å²) in [6.07, 6.45) is 0.743. The number of halogens is 1. The van der Waals surface area contributed by atoms with Crippen molar-refractivity contribution in [2.45, 2.75) is 17.4 Å². The fourth-order valence-electron chi connectivity index (χ4n) is 3.06. The number of morpholine rings is 1. The van der Waals surface area contributed by atoms with Crippen LogP contribution >= 0.6 is 0 Å². The monoisotopic (exact) mass is 378 g/mol. The third-order valence-corrected chi connectivity index (χ3v) is 5.95. The molecule has 1 unspecified atom stereocenters. The van der Waals surface area contributed by atoms with Gasteiger partial charge in [0.05, 0.1) is 18.1 Å². The number of hydrogen-bond acceptors (Lipinski definition) is 4. The normalized spacial score (nSPS) is 17.1. The average Bonchev–Trinajstić information content (AvgIpc) is 2.67. The molecule has 3 rings (SSSR count). The van der Waals surface area contributed by atoms with Gasteiger partial charge in [0.25, 0.3) is 0 Å². The number of nitrogens with one attached hydrogen (secondary N) is 1. The molecular formula is C19H23FN2O3S. The third-order valence-electron chi connectivity index (χ3n) is 4.51. The summed E-state index contributed by atoms with van der Waals surface area (Å²) >= 11 is 0. The van der Waals surface area contributed by atoms with Crippen molar-refractivity contribution in [1.82, 2.24) is 9.62 Å². The molecule has 1 saturated heterocycles. The molecule has 0 bridgehead atoms. The van der Waals surface area contributed by atoms with Gasteiger partial charge in [-0.1, -0.05) is 30.3 Å². The lowest BCUT2D eigenvalue weighted by Crippen LogP contribution is -2.49. The summed E-state index contributed by atoms with van der Waals surface area (Å²) < 4.78 is 46.1. The molecule has 0 aliphatic carbocycles. The van der Waals surface area contributed by atoms with Crippen LogP contribution in [0.3, 0.4) is 0 Å². The van der Waals surface area contributed by atoms with E-state index in [9.17, 15) is 12.8 Å². The van der Waals surface area contributed by atoms with Crippen LogP contribution in [0.1, 0.15) is 5.56 Å². The maximum absolute atomic E-state index is 13.0. The first-order valence-electron chi connectivity index (χ1n) is 8.65. The first-order chi connectivity index (χ1) is 12.5. The fourth-order valence-corrected chi connectivity index (χ4v) is 4.14. The molecule has 1 heterocycles. The standard InChI is InChI=1S/C19H23FN2O3S/c20-17-6-8-19(9-7-17)26(23,24)21-15-18(22-10-12-25-13-11-22)14-16-4-2-1-3-5-16/h1-9,18,21H,10-15H2. The molecule has 140 valence electrons. The van der Waals surface area contributed by atoms with Crippen molar-refractivity contribution in [3.8, 4) is 0 Å². The van der Waals surface area contributed by atoms with Gasteiger partial charge in [-0.05, 0) is 36.2 Å². The Balaban J connectivity index is 1.71. The Morgan fingerprint density at radius 1 is 1.04 bits per heavy atom. The van der Waals surface area contributed by atoms with E-state index in [0.29, 0.717) is 13.2 Å². The van der Waals surface area contributed by atoms with Gasteiger partial charge < -0.3 is 4.74 Å². The summed E-state index contributed by atoms with van der Waals surface area (Å²) in [4.78, 5) is 2.32. The van der Waals surface area contributed by atoms with Crippen molar-refractivity contribution < 1.29 is 17.5 Å². The molecule has 5 nitrogen and oxygen atoms in total. The predicted molar refractivity (Wildman–Crippen MR) is 97.9 cm³/mol. The van der Waals surface area contributed by atoms with Crippen molar-refractivity contribution in [3.05, 3.63) is 66.0 Å². The lowest BCUT2D eigenvalue weighted by atomic mass is 10.0. The van der Waals surface area contributed by atoms with Crippen LogP contribution in [0.15, 0.2) is 59.5 Å². The van der Waals surface area contributed by atoms with Gasteiger partial charge in [-0.15, -0.1) is 0 Å². The van der Waals surface area contributed by atoms with E-state index in [4.69, 9.17) is 4.74 Å². The molecule has 0 amide bonds. The van der Waals surface area contributed by atoms with Gasteiger partial charge in [-0.3, -0.25) is 4.90 Å². The Kier molecular flexibility index (Phi) is 6.37. The number of benzene rings is 2. The Bertz CT molecular complexity index is 791. The summed E-state index contributed by atoms with van der Waals surface area (Å²) in [5.41, 5.74) is 1.16. The SMILES string of the molecule is O=S(=O)(NCC(Cc1ccccc1)N1CCOCC1)c1ccc(F)cc1. The van der Waals surface area contributed by atoms with Crippen LogP contribution in [0.5, 0.6) is 0 Å². The summed E-state index contributed by atoms with van der Waals surface area (Å²) in [7, 11) is -3.68. The zero-order valence-electron chi connectivity index (χ0n) is 14.5. The van der Waals surface area contributed by atoms with Gasteiger partial charge in [-0.2, -0.15) is 0 Å². The maximum atomic E-state index is 13.0. The van der Waals surface area contributed by atoms with Gasteiger partial charge in [0.1, 0.15) is 5.82 Å². The highest BCUT2D eigenvalue weighted by molar-refractivity contribution is 7.89. The molecule has 0 aromatic heterocycles. The highest BCUT2D eigenvalue weighted by atomic mass is 32.2. The molecule has 2 aromatic rings. The van der Waals surface area contributed by atoms with E-state index in [2.05, 4.69) is 9.62 Å². The van der Waals surface area contributed by atoms with Gasteiger partial charge in [0.2, 0.25) is 10.0 Å². The minimum absolute atomic E-state index is 0.0246. The molecule has 2 aromatic carbocycles. The summed E-state index contributed by atoms with van der Waals surface area (Å²) in [5.74, 6) is -0.459. The van der Waals surface area contributed by atoms with Crippen molar-refractivity contribution in [1.29, 1.82) is 0 Å². The quantitative estimate of drug-likeness (QED) is 0.801. The Hall–Kier alpha value is -1.80. The van der Waals surface area contributed by atoms with E-state index < -0.39 is 15.8 Å². The van der Waals surface area contributed by atoms with Crippen molar-refractivity contribution >= 4 is 10.0 Å². The molecule has 1 aliphatic heterocycles. The zero-order chi connectivity index (χ0) is 18.4. The molecule has 0 saturated carbocycles. The Morgan fingerprint density at radius 2 is 1.69 bits per heavy atom. The average molecular weight is 378 g/mol. The second-order valence-corrected chi connectivity index (χ2v) is 8.06. The van der Waals surface area contributed by atoms with E-state index in [0.717, 1.165) is 37.2 Å². The Morgan fingerprint density at radius 3 is 2.35 bits per heavy atom. The topological polar surface area (TPSA) is 58.6 Å². The van der Waals surface area contributed by atoms with Gasteiger partial charge >= 0.3 is 0 Å². The molecule has 0 radical (unpaired) electrons. The molecular weight excluding hydrogens is 355 g/mol. The van der Waals surface area contributed by atoms with Gasteiger partial charge in [-0.25, -0.2) is 17.5 Å². The van der Waals surface area contributed by atoms with Crippen LogP contribution < -0.4 is 4.72 Å². The first-order valence-corrected chi connectivity index (χ1v) is 10.1. The van der Waals surface area contributed by atoms with Crippen molar-refractivity contribution in [2.75, 3.05) is 32.8 Å². The Labute approximate surface area is 153 Å². The first kappa shape index (κ1) is 19.0. The zero-order valence-corrected chi connectivity index (χ0v) is 15.3. The second kappa shape index (κ2) is 8.73. The number of ether oxygens (including phenoxy) is 1. The van der Waals surface area contributed by atoms with E-state index in [-0.39, 0.29) is 17.5 Å². The summed E-state index contributed by atoms with van der Waals surface area (Å²) in [5, 5.41) is 0. The minimum atomic E-state index is -3.68. The van der Waals surface area contributed by atoms with E-state index in [1.54, 1.807) is 0 Å². The van der Waals surface area contributed by atoms with Crippen molar-refractivity contribution in [3.63, 3.8) is 0 Å². The van der Waals surface area contributed by atoms with Crippen LogP contribution in [-0.4, -0.2) is 52.2 Å². The van der Waals surface area contributed by atoms with Crippen LogP contribution in [0.2, 0.25) is 0 Å². The van der Waals surface area contributed by atoms with E-state index >= 15 is 0 Å². The molecule has 1 N–H and O–H groups in total. The third kappa shape index (κ3) is 5.11. The minimum Gasteiger partial charge on any atom is -0.379 e. The van der Waals surface area contributed by atoms with E-state index in [1.165, 1.54) is 12.1 Å². The fraction of sp³-hybridized carbons (Fsp3) is 0.368. The van der Waals surface area contributed by atoms with Crippen LogP contribution in [0.4, 0.5) is 4.39 Å². The number of hydrogen-bond donors (Lipinski definition) is 1. The molecule has 1 fully saturated rings. The molecule has 26 heavy (non-hydrogen) atoms. The number of sulfonamides is 1. The molecule has 1 aliphatic rings. The molecule has 7 heteroatoms. The highest BCUT2D eigenvalue weighted by Gasteiger charge is 2.24. The smallest absolute Gasteiger partial charge is 0.240 e. The van der Waals surface area contributed by atoms with Crippen molar-refractivity contribution in [2.24, 2.45) is 0 Å². The summed E-state index contributed by atoms with van der Waals surface area (Å²) in [6.45, 7) is 3.13. The molecule has 0 spiro atoms. The van der Waals surface area contributed by atoms with E-state index in [1.807, 2.05) is 30.3 Å². The van der Waals surface area contributed by atoms with Crippen LogP contribution in [0.25, 0.3) is 0 Å². The maximum Gasteiger partial charge on any atom is 0.240 e. The van der Waals surface area contributed by atoms with Crippen LogP contribution in [0, 0.1) is 5.82 Å². The highest BCUT2D eigenvalue weighted by Crippen LogP contribution is 2.13. The largest absolute Gasteiger partial charge is 0.379 e. The number of rotatable bonds is 7. The number of nitrogens with zero attached hydrogens (tertiary/aromatic N) is 1. The van der Waals surface area contributed by atoms with Gasteiger partial charge in [0.15, 0.2) is 0 Å². The van der Waals surface area contributed by atoms with Crippen LogP contribution in [-0.2, 0) is 21.2 Å². The lowest BCUT2D eigenvalue weighted by Gasteiger charge is -2.34. The predicted octanol–water partition coefficient (Wildman–Crippen LogP) is 2.05.